The lowest BCUT2D eigenvalue weighted by Gasteiger charge is -2.19. The maximum Gasteiger partial charge on any atom is 0.229 e. The first-order chi connectivity index (χ1) is 14.7. The maximum atomic E-state index is 12.4. The highest BCUT2D eigenvalue weighted by atomic mass is 16.2. The van der Waals surface area contributed by atoms with E-state index in [9.17, 15) is 4.79 Å². The Hall–Kier alpha value is -3.61. The van der Waals surface area contributed by atoms with Crippen LogP contribution in [0.3, 0.4) is 0 Å². The van der Waals surface area contributed by atoms with E-state index in [-0.39, 0.29) is 11.9 Å². The Morgan fingerprint density at radius 1 is 1.13 bits per heavy atom. The zero-order valence-electron chi connectivity index (χ0n) is 17.0. The number of aliphatic imine (C=N–C) groups is 1. The third-order valence-electron chi connectivity index (χ3n) is 5.16. The molecule has 1 amide bonds. The van der Waals surface area contributed by atoms with Crippen molar-refractivity contribution in [2.45, 2.75) is 25.6 Å². The number of carbonyl (C=O) groups excluding carboxylic acids is 1. The predicted molar refractivity (Wildman–Crippen MR) is 118 cm³/mol. The fourth-order valence-corrected chi connectivity index (χ4v) is 3.59. The SMILES string of the molecule is CN=C(NCc1ccc(Cn2ccnc2)cc1)NC1CC(=O)N(c2ccccc2)C1. The van der Waals surface area contributed by atoms with Crippen molar-refractivity contribution in [3.63, 3.8) is 0 Å². The molecule has 30 heavy (non-hydrogen) atoms. The average molecular weight is 403 g/mol. The number of nitrogens with zero attached hydrogens (tertiary/aromatic N) is 4. The summed E-state index contributed by atoms with van der Waals surface area (Å²) in [6.07, 6.45) is 6.02. The molecule has 3 aromatic rings. The lowest BCUT2D eigenvalue weighted by molar-refractivity contribution is -0.117. The Morgan fingerprint density at radius 3 is 2.60 bits per heavy atom. The van der Waals surface area contributed by atoms with E-state index in [1.54, 1.807) is 13.2 Å². The molecule has 1 unspecified atom stereocenters. The summed E-state index contributed by atoms with van der Waals surface area (Å²) in [6, 6.07) is 18.3. The van der Waals surface area contributed by atoms with Gasteiger partial charge in [-0.2, -0.15) is 0 Å². The number of anilines is 1. The molecular weight excluding hydrogens is 376 g/mol. The number of para-hydroxylation sites is 1. The van der Waals surface area contributed by atoms with Crippen LogP contribution in [-0.2, 0) is 17.9 Å². The molecule has 1 saturated heterocycles. The van der Waals surface area contributed by atoms with Crippen LogP contribution in [0.1, 0.15) is 17.5 Å². The van der Waals surface area contributed by atoms with Gasteiger partial charge in [0.2, 0.25) is 5.91 Å². The smallest absolute Gasteiger partial charge is 0.229 e. The molecule has 0 spiro atoms. The van der Waals surface area contributed by atoms with Crippen LogP contribution >= 0.6 is 0 Å². The number of carbonyl (C=O) groups is 1. The number of amides is 1. The zero-order chi connectivity index (χ0) is 20.8. The molecule has 1 aliphatic rings. The fourth-order valence-electron chi connectivity index (χ4n) is 3.59. The molecule has 0 saturated carbocycles. The minimum absolute atomic E-state index is 0.0291. The van der Waals surface area contributed by atoms with Crippen molar-refractivity contribution in [3.05, 3.63) is 84.4 Å². The van der Waals surface area contributed by atoms with E-state index in [0.29, 0.717) is 25.5 Å². The molecular formula is C23H26N6O. The van der Waals surface area contributed by atoms with Gasteiger partial charge in [0.25, 0.3) is 0 Å². The fraction of sp³-hybridized carbons (Fsp3) is 0.261. The Bertz CT molecular complexity index is 982. The van der Waals surface area contributed by atoms with Crippen LogP contribution in [0.4, 0.5) is 5.69 Å². The van der Waals surface area contributed by atoms with Gasteiger partial charge in [0.15, 0.2) is 5.96 Å². The van der Waals surface area contributed by atoms with Crippen LogP contribution in [0.25, 0.3) is 0 Å². The summed E-state index contributed by atoms with van der Waals surface area (Å²) >= 11 is 0. The summed E-state index contributed by atoms with van der Waals surface area (Å²) in [5, 5.41) is 6.71. The molecule has 4 rings (SSSR count). The second-order valence-corrected chi connectivity index (χ2v) is 7.36. The molecule has 0 bridgehead atoms. The lowest BCUT2D eigenvalue weighted by atomic mass is 10.1. The van der Waals surface area contributed by atoms with Crippen molar-refractivity contribution in [2.75, 3.05) is 18.5 Å². The summed E-state index contributed by atoms with van der Waals surface area (Å²) in [5.74, 6) is 0.827. The number of imidazole rings is 1. The van der Waals surface area contributed by atoms with Gasteiger partial charge in [-0.1, -0.05) is 42.5 Å². The summed E-state index contributed by atoms with van der Waals surface area (Å²) in [6.45, 7) is 2.10. The number of aromatic nitrogens is 2. The third-order valence-corrected chi connectivity index (χ3v) is 5.16. The quantitative estimate of drug-likeness (QED) is 0.491. The van der Waals surface area contributed by atoms with E-state index in [1.165, 1.54) is 11.1 Å². The minimum atomic E-state index is 0.0291. The van der Waals surface area contributed by atoms with Gasteiger partial charge in [0, 0.05) is 51.2 Å². The van der Waals surface area contributed by atoms with E-state index in [2.05, 4.69) is 44.9 Å². The number of hydrogen-bond acceptors (Lipinski definition) is 3. The molecule has 154 valence electrons. The van der Waals surface area contributed by atoms with Crippen molar-refractivity contribution in [1.82, 2.24) is 20.2 Å². The highest BCUT2D eigenvalue weighted by molar-refractivity contribution is 5.97. The van der Waals surface area contributed by atoms with Crippen molar-refractivity contribution in [1.29, 1.82) is 0 Å². The van der Waals surface area contributed by atoms with Crippen LogP contribution in [0, 0.1) is 0 Å². The van der Waals surface area contributed by atoms with Crippen molar-refractivity contribution >= 4 is 17.6 Å². The van der Waals surface area contributed by atoms with Crippen LogP contribution in [0.2, 0.25) is 0 Å². The molecule has 1 aromatic heterocycles. The van der Waals surface area contributed by atoms with Gasteiger partial charge in [-0.05, 0) is 23.3 Å². The summed E-state index contributed by atoms with van der Waals surface area (Å²) in [4.78, 5) is 22.6. The number of guanidine groups is 1. The first kappa shape index (κ1) is 19.7. The summed E-state index contributed by atoms with van der Waals surface area (Å²) < 4.78 is 2.04. The molecule has 7 heteroatoms. The summed E-state index contributed by atoms with van der Waals surface area (Å²) in [5.41, 5.74) is 3.33. The number of hydrogen-bond donors (Lipinski definition) is 2. The van der Waals surface area contributed by atoms with Gasteiger partial charge in [0.05, 0.1) is 12.4 Å². The van der Waals surface area contributed by atoms with E-state index >= 15 is 0 Å². The Kier molecular flexibility index (Phi) is 6.08. The predicted octanol–water partition coefficient (Wildman–Crippen LogP) is 2.40. The van der Waals surface area contributed by atoms with Gasteiger partial charge in [0.1, 0.15) is 0 Å². The number of benzene rings is 2. The first-order valence-electron chi connectivity index (χ1n) is 10.1. The van der Waals surface area contributed by atoms with Crippen molar-refractivity contribution in [2.24, 2.45) is 4.99 Å². The Morgan fingerprint density at radius 2 is 1.90 bits per heavy atom. The highest BCUT2D eigenvalue weighted by Crippen LogP contribution is 2.20. The Balaban J connectivity index is 1.28. The van der Waals surface area contributed by atoms with Gasteiger partial charge in [-0.25, -0.2) is 4.98 Å². The summed E-state index contributed by atoms with van der Waals surface area (Å²) in [7, 11) is 1.75. The van der Waals surface area contributed by atoms with E-state index < -0.39 is 0 Å². The van der Waals surface area contributed by atoms with Crippen LogP contribution in [0.5, 0.6) is 0 Å². The molecule has 2 heterocycles. The van der Waals surface area contributed by atoms with Crippen molar-refractivity contribution in [3.8, 4) is 0 Å². The second kappa shape index (κ2) is 9.26. The molecule has 2 N–H and O–H groups in total. The largest absolute Gasteiger partial charge is 0.352 e. The van der Waals surface area contributed by atoms with Crippen LogP contribution in [0.15, 0.2) is 78.3 Å². The molecule has 0 aliphatic carbocycles. The van der Waals surface area contributed by atoms with E-state index in [1.807, 2.05) is 52.3 Å². The third kappa shape index (κ3) is 4.86. The molecule has 1 fully saturated rings. The molecule has 1 aliphatic heterocycles. The lowest BCUT2D eigenvalue weighted by Crippen LogP contribution is -2.44. The van der Waals surface area contributed by atoms with Crippen LogP contribution < -0.4 is 15.5 Å². The molecule has 0 radical (unpaired) electrons. The van der Waals surface area contributed by atoms with Crippen LogP contribution in [-0.4, -0.2) is 41.1 Å². The first-order valence-corrected chi connectivity index (χ1v) is 10.1. The normalized spacial score (nSPS) is 16.7. The van der Waals surface area contributed by atoms with Gasteiger partial charge in [-0.15, -0.1) is 0 Å². The second-order valence-electron chi connectivity index (χ2n) is 7.36. The highest BCUT2D eigenvalue weighted by Gasteiger charge is 2.30. The zero-order valence-corrected chi connectivity index (χ0v) is 17.0. The molecule has 1 atom stereocenters. The molecule has 7 nitrogen and oxygen atoms in total. The topological polar surface area (TPSA) is 74.5 Å². The van der Waals surface area contributed by atoms with E-state index in [0.717, 1.165) is 12.2 Å². The van der Waals surface area contributed by atoms with Crippen molar-refractivity contribution < 1.29 is 4.79 Å². The minimum Gasteiger partial charge on any atom is -0.352 e. The monoisotopic (exact) mass is 402 g/mol. The average Bonchev–Trinajstić information content (AvgIpc) is 3.42. The molecule has 2 aromatic carbocycles. The number of rotatable bonds is 6. The van der Waals surface area contributed by atoms with Gasteiger partial charge < -0.3 is 20.1 Å². The Labute approximate surface area is 176 Å². The van der Waals surface area contributed by atoms with Gasteiger partial charge >= 0.3 is 0 Å². The maximum absolute atomic E-state index is 12.4. The van der Waals surface area contributed by atoms with E-state index in [4.69, 9.17) is 0 Å². The number of nitrogens with one attached hydrogen (secondary N) is 2. The standard InChI is InChI=1S/C23H26N6O/c1-24-23(27-20-13-22(30)29(16-20)21-5-3-2-4-6-21)26-14-18-7-9-19(10-8-18)15-28-12-11-25-17-28/h2-12,17,20H,13-16H2,1H3,(H2,24,26,27). The van der Waals surface area contributed by atoms with Gasteiger partial charge in [-0.3, -0.25) is 9.79 Å².